The maximum Gasteiger partial charge on any atom is 0.244 e. The summed E-state index contributed by atoms with van der Waals surface area (Å²) < 4.78 is 0. The number of aromatic nitrogens is 1. The molecule has 110 valence electrons. The third kappa shape index (κ3) is 2.76. The van der Waals surface area contributed by atoms with Gasteiger partial charge in [0.05, 0.1) is 17.2 Å². The molecule has 4 heteroatoms. The van der Waals surface area contributed by atoms with E-state index in [4.69, 9.17) is 0 Å². The van der Waals surface area contributed by atoms with Gasteiger partial charge in [0.1, 0.15) is 0 Å². The minimum absolute atomic E-state index is 0.0503. The summed E-state index contributed by atoms with van der Waals surface area (Å²) in [7, 11) is 0. The lowest BCUT2D eigenvalue weighted by atomic mass is 10.0. The second-order valence-corrected chi connectivity index (χ2v) is 5.49. The second kappa shape index (κ2) is 6.22. The van der Waals surface area contributed by atoms with Gasteiger partial charge in [0.25, 0.3) is 0 Å². The molecule has 1 atom stereocenters. The summed E-state index contributed by atoms with van der Waals surface area (Å²) in [5, 5.41) is 4.41. The van der Waals surface area contributed by atoms with Crippen molar-refractivity contribution < 1.29 is 4.79 Å². The van der Waals surface area contributed by atoms with Gasteiger partial charge in [-0.05, 0) is 50.1 Å². The van der Waals surface area contributed by atoms with Crippen LogP contribution >= 0.6 is 0 Å². The Morgan fingerprint density at radius 3 is 3.10 bits per heavy atom. The molecule has 1 saturated heterocycles. The number of nitrogens with one attached hydrogen (secondary N) is 1. The standard InChI is InChI=1S/C17H21N3O/c1-2-10-18-15-8-5-12-20(17(15)21)16-9-3-7-14-13(16)6-4-11-19-14/h3-4,6-7,9,11,15,18H,2,5,8,10,12H2,1H3. The highest BCUT2D eigenvalue weighted by molar-refractivity contribution is 6.05. The zero-order valence-electron chi connectivity index (χ0n) is 12.4. The predicted octanol–water partition coefficient (Wildman–Crippen LogP) is 2.73. The van der Waals surface area contributed by atoms with E-state index in [1.807, 2.05) is 35.2 Å². The van der Waals surface area contributed by atoms with Crippen molar-refractivity contribution in [2.75, 3.05) is 18.0 Å². The van der Waals surface area contributed by atoms with Crippen LogP contribution < -0.4 is 10.2 Å². The fraction of sp³-hybridized carbons (Fsp3) is 0.412. The summed E-state index contributed by atoms with van der Waals surface area (Å²) in [4.78, 5) is 19.0. The van der Waals surface area contributed by atoms with Crippen molar-refractivity contribution in [3.63, 3.8) is 0 Å². The summed E-state index contributed by atoms with van der Waals surface area (Å²) in [5.74, 6) is 0.186. The fourth-order valence-corrected chi connectivity index (χ4v) is 2.94. The van der Waals surface area contributed by atoms with Gasteiger partial charge < -0.3 is 10.2 Å². The number of hydrogen-bond acceptors (Lipinski definition) is 3. The smallest absolute Gasteiger partial charge is 0.244 e. The quantitative estimate of drug-likeness (QED) is 0.938. The first-order chi connectivity index (χ1) is 10.3. The summed E-state index contributed by atoms with van der Waals surface area (Å²) >= 11 is 0. The average molecular weight is 283 g/mol. The average Bonchev–Trinajstić information content (AvgIpc) is 2.53. The van der Waals surface area contributed by atoms with Gasteiger partial charge in [0, 0.05) is 18.1 Å². The summed E-state index contributed by atoms with van der Waals surface area (Å²) in [5.41, 5.74) is 1.92. The van der Waals surface area contributed by atoms with Gasteiger partial charge in [0.2, 0.25) is 5.91 Å². The first-order valence-corrected chi connectivity index (χ1v) is 7.69. The molecule has 0 radical (unpaired) electrons. The fourth-order valence-electron chi connectivity index (χ4n) is 2.94. The van der Waals surface area contributed by atoms with E-state index >= 15 is 0 Å². The molecule has 1 aromatic carbocycles. The number of carbonyl (C=O) groups excluding carboxylic acids is 1. The van der Waals surface area contributed by atoms with Crippen LogP contribution in [0.3, 0.4) is 0 Å². The highest BCUT2D eigenvalue weighted by Crippen LogP contribution is 2.28. The van der Waals surface area contributed by atoms with Gasteiger partial charge in [-0.2, -0.15) is 0 Å². The Morgan fingerprint density at radius 1 is 1.33 bits per heavy atom. The van der Waals surface area contributed by atoms with E-state index in [0.717, 1.165) is 48.9 Å². The molecule has 0 bridgehead atoms. The number of amides is 1. The Labute approximate surface area is 125 Å². The third-order valence-electron chi connectivity index (χ3n) is 3.99. The van der Waals surface area contributed by atoms with E-state index < -0.39 is 0 Å². The maximum absolute atomic E-state index is 12.7. The van der Waals surface area contributed by atoms with Crippen LogP contribution in [0, 0.1) is 0 Å². The number of fused-ring (bicyclic) bond motifs is 1. The summed E-state index contributed by atoms with van der Waals surface area (Å²) in [6.07, 6.45) is 4.79. The van der Waals surface area contributed by atoms with Crippen molar-refractivity contribution in [3.05, 3.63) is 36.5 Å². The van der Waals surface area contributed by atoms with Gasteiger partial charge >= 0.3 is 0 Å². The SMILES string of the molecule is CCCNC1CCCN(c2cccc3ncccc23)C1=O. The Hall–Kier alpha value is -1.94. The molecular weight excluding hydrogens is 262 g/mol. The molecule has 1 fully saturated rings. The molecule has 2 aromatic rings. The molecule has 0 aliphatic carbocycles. The van der Waals surface area contributed by atoms with Crippen molar-refractivity contribution in [1.29, 1.82) is 0 Å². The lowest BCUT2D eigenvalue weighted by molar-refractivity contribution is -0.121. The van der Waals surface area contributed by atoms with Crippen LogP contribution in [0.25, 0.3) is 10.9 Å². The largest absolute Gasteiger partial charge is 0.310 e. The Morgan fingerprint density at radius 2 is 2.24 bits per heavy atom. The zero-order valence-corrected chi connectivity index (χ0v) is 12.4. The van der Waals surface area contributed by atoms with Gasteiger partial charge in [-0.15, -0.1) is 0 Å². The Bertz CT molecular complexity index is 635. The number of hydrogen-bond donors (Lipinski definition) is 1. The van der Waals surface area contributed by atoms with Crippen LogP contribution in [-0.2, 0) is 4.79 Å². The predicted molar refractivity (Wildman–Crippen MR) is 85.4 cm³/mol. The van der Waals surface area contributed by atoms with E-state index in [1.54, 1.807) is 6.20 Å². The molecule has 4 nitrogen and oxygen atoms in total. The number of anilines is 1. The molecule has 3 rings (SSSR count). The first-order valence-electron chi connectivity index (χ1n) is 7.69. The number of carbonyl (C=O) groups is 1. The molecular formula is C17H21N3O. The van der Waals surface area contributed by atoms with Gasteiger partial charge in [-0.3, -0.25) is 9.78 Å². The minimum atomic E-state index is -0.0503. The van der Waals surface area contributed by atoms with Crippen molar-refractivity contribution in [3.8, 4) is 0 Å². The number of piperidine rings is 1. The Kier molecular flexibility index (Phi) is 4.15. The summed E-state index contributed by atoms with van der Waals surface area (Å²) in [6, 6.07) is 9.89. The van der Waals surface area contributed by atoms with Gasteiger partial charge in [-0.25, -0.2) is 0 Å². The van der Waals surface area contributed by atoms with Crippen LogP contribution in [0.2, 0.25) is 0 Å². The highest BCUT2D eigenvalue weighted by atomic mass is 16.2. The molecule has 0 saturated carbocycles. The number of nitrogens with zero attached hydrogens (tertiary/aromatic N) is 2. The van der Waals surface area contributed by atoms with E-state index in [-0.39, 0.29) is 11.9 Å². The molecule has 0 spiro atoms. The molecule has 2 heterocycles. The molecule has 21 heavy (non-hydrogen) atoms. The second-order valence-electron chi connectivity index (χ2n) is 5.49. The van der Waals surface area contributed by atoms with Crippen LogP contribution in [0.5, 0.6) is 0 Å². The van der Waals surface area contributed by atoms with E-state index in [0.29, 0.717) is 0 Å². The van der Waals surface area contributed by atoms with Crippen LogP contribution in [0.4, 0.5) is 5.69 Å². The van der Waals surface area contributed by atoms with E-state index in [9.17, 15) is 4.79 Å². The Balaban J connectivity index is 1.92. The number of rotatable bonds is 4. The third-order valence-corrected chi connectivity index (χ3v) is 3.99. The number of benzene rings is 1. The van der Waals surface area contributed by atoms with Crippen molar-refractivity contribution >= 4 is 22.5 Å². The van der Waals surface area contributed by atoms with Crippen LogP contribution in [0.1, 0.15) is 26.2 Å². The van der Waals surface area contributed by atoms with Gasteiger partial charge in [0.15, 0.2) is 0 Å². The molecule has 1 aliphatic rings. The van der Waals surface area contributed by atoms with E-state index in [1.165, 1.54) is 0 Å². The molecule has 1 unspecified atom stereocenters. The van der Waals surface area contributed by atoms with Crippen molar-refractivity contribution in [1.82, 2.24) is 10.3 Å². The lowest BCUT2D eigenvalue weighted by Crippen LogP contribution is -2.51. The van der Waals surface area contributed by atoms with Crippen molar-refractivity contribution in [2.24, 2.45) is 0 Å². The van der Waals surface area contributed by atoms with Crippen LogP contribution in [-0.4, -0.2) is 30.0 Å². The first kappa shape index (κ1) is 14.0. The van der Waals surface area contributed by atoms with Crippen LogP contribution in [0.15, 0.2) is 36.5 Å². The van der Waals surface area contributed by atoms with Gasteiger partial charge in [-0.1, -0.05) is 13.0 Å². The zero-order chi connectivity index (χ0) is 14.7. The van der Waals surface area contributed by atoms with Crippen molar-refractivity contribution in [2.45, 2.75) is 32.2 Å². The monoisotopic (exact) mass is 283 g/mol. The molecule has 1 amide bonds. The summed E-state index contributed by atoms with van der Waals surface area (Å²) in [6.45, 7) is 3.80. The minimum Gasteiger partial charge on any atom is -0.310 e. The normalized spacial score (nSPS) is 19.2. The highest BCUT2D eigenvalue weighted by Gasteiger charge is 2.29. The van der Waals surface area contributed by atoms with E-state index in [2.05, 4.69) is 17.2 Å². The number of pyridine rings is 1. The molecule has 1 aliphatic heterocycles. The lowest BCUT2D eigenvalue weighted by Gasteiger charge is -2.33. The molecule has 1 N–H and O–H groups in total. The molecule has 1 aromatic heterocycles. The maximum atomic E-state index is 12.7. The topological polar surface area (TPSA) is 45.2 Å².